The molecule has 24 heavy (non-hydrogen) atoms. The minimum absolute atomic E-state index is 0.0131. The molecule has 0 unspecified atom stereocenters. The van der Waals surface area contributed by atoms with E-state index in [9.17, 15) is 14.9 Å². The summed E-state index contributed by atoms with van der Waals surface area (Å²) in [6.45, 7) is 0.417. The van der Waals surface area contributed by atoms with Crippen molar-refractivity contribution < 1.29 is 19.2 Å². The Morgan fingerprint density at radius 3 is 2.29 bits per heavy atom. The predicted octanol–water partition coefficient (Wildman–Crippen LogP) is 3.40. The Balaban J connectivity index is 1.69. The number of anilines is 1. The van der Waals surface area contributed by atoms with Crippen LogP contribution in [-0.4, -0.2) is 24.5 Å². The average molecular weight is 330 g/mol. The number of rotatable bonds is 8. The summed E-state index contributed by atoms with van der Waals surface area (Å²) in [4.78, 5) is 21.9. The van der Waals surface area contributed by atoms with E-state index in [1.165, 1.54) is 24.3 Å². The van der Waals surface area contributed by atoms with E-state index in [0.29, 0.717) is 30.9 Å². The topological polar surface area (TPSA) is 90.7 Å². The molecule has 0 fully saturated rings. The number of non-ortho nitro benzene ring substituents is 1. The van der Waals surface area contributed by atoms with Crippen LogP contribution in [0.5, 0.6) is 11.5 Å². The molecule has 2 aromatic rings. The van der Waals surface area contributed by atoms with Gasteiger partial charge in [-0.25, -0.2) is 0 Å². The van der Waals surface area contributed by atoms with Gasteiger partial charge >= 0.3 is 0 Å². The largest absolute Gasteiger partial charge is 0.497 e. The molecule has 0 aliphatic rings. The molecule has 7 heteroatoms. The van der Waals surface area contributed by atoms with Crippen LogP contribution < -0.4 is 14.8 Å². The molecule has 0 atom stereocenters. The summed E-state index contributed by atoms with van der Waals surface area (Å²) in [6, 6.07) is 12.9. The summed E-state index contributed by atoms with van der Waals surface area (Å²) in [7, 11) is 1.60. The fourth-order valence-electron chi connectivity index (χ4n) is 1.98. The Bertz CT molecular complexity index is 683. The van der Waals surface area contributed by atoms with Gasteiger partial charge in [0, 0.05) is 24.2 Å². The number of methoxy groups -OCH3 is 1. The lowest BCUT2D eigenvalue weighted by Crippen LogP contribution is -2.12. The fourth-order valence-corrected chi connectivity index (χ4v) is 1.98. The second-order valence-corrected chi connectivity index (χ2v) is 4.98. The molecule has 2 rings (SSSR count). The molecule has 0 aliphatic heterocycles. The van der Waals surface area contributed by atoms with Gasteiger partial charge in [-0.3, -0.25) is 14.9 Å². The summed E-state index contributed by atoms with van der Waals surface area (Å²) in [5.41, 5.74) is 0.516. The summed E-state index contributed by atoms with van der Waals surface area (Å²) in [5.74, 6) is 1.30. The van der Waals surface area contributed by atoms with E-state index in [2.05, 4.69) is 5.32 Å². The Labute approximate surface area is 139 Å². The molecular formula is C17H18N2O5. The van der Waals surface area contributed by atoms with Crippen LogP contribution in [0.15, 0.2) is 48.5 Å². The number of carbonyl (C=O) groups excluding carboxylic acids is 1. The molecule has 0 saturated carbocycles. The van der Waals surface area contributed by atoms with Gasteiger partial charge < -0.3 is 14.8 Å². The van der Waals surface area contributed by atoms with E-state index < -0.39 is 4.92 Å². The van der Waals surface area contributed by atoms with Crippen LogP contribution in [-0.2, 0) is 4.79 Å². The minimum atomic E-state index is -0.484. The van der Waals surface area contributed by atoms with E-state index in [4.69, 9.17) is 9.47 Å². The number of carbonyl (C=O) groups is 1. The highest BCUT2D eigenvalue weighted by molar-refractivity contribution is 5.90. The van der Waals surface area contributed by atoms with Crippen LogP contribution in [0, 0.1) is 10.1 Å². The van der Waals surface area contributed by atoms with Gasteiger partial charge in [0.05, 0.1) is 18.6 Å². The maximum atomic E-state index is 11.8. The lowest BCUT2D eigenvalue weighted by atomic mass is 10.2. The normalized spacial score (nSPS) is 10.0. The van der Waals surface area contributed by atoms with E-state index in [1.807, 2.05) is 0 Å². The van der Waals surface area contributed by atoms with Crippen molar-refractivity contribution in [1.82, 2.24) is 0 Å². The number of nitrogens with one attached hydrogen (secondary N) is 1. The Morgan fingerprint density at radius 2 is 1.71 bits per heavy atom. The molecule has 0 saturated heterocycles. The van der Waals surface area contributed by atoms with Crippen LogP contribution in [0.3, 0.4) is 0 Å². The summed E-state index contributed by atoms with van der Waals surface area (Å²) < 4.78 is 10.6. The van der Waals surface area contributed by atoms with Crippen molar-refractivity contribution in [3.05, 3.63) is 58.6 Å². The average Bonchev–Trinajstić information content (AvgIpc) is 2.59. The third-order valence-corrected chi connectivity index (χ3v) is 3.24. The first kappa shape index (κ1) is 17.3. The van der Waals surface area contributed by atoms with E-state index in [0.717, 1.165) is 5.75 Å². The van der Waals surface area contributed by atoms with Gasteiger partial charge in [0.2, 0.25) is 5.91 Å². The number of nitro benzene ring substituents is 1. The Hall–Kier alpha value is -3.09. The van der Waals surface area contributed by atoms with Gasteiger partial charge in [-0.1, -0.05) is 0 Å². The zero-order valence-electron chi connectivity index (χ0n) is 13.2. The maximum Gasteiger partial charge on any atom is 0.269 e. The molecule has 1 N–H and O–H groups in total. The molecule has 0 aromatic heterocycles. The maximum absolute atomic E-state index is 11.8. The summed E-state index contributed by atoms with van der Waals surface area (Å²) >= 11 is 0. The number of nitrogens with zero attached hydrogens (tertiary/aromatic N) is 1. The first-order valence-electron chi connectivity index (χ1n) is 7.39. The van der Waals surface area contributed by atoms with Crippen molar-refractivity contribution in [1.29, 1.82) is 0 Å². The number of amides is 1. The van der Waals surface area contributed by atoms with Crippen LogP contribution in [0.4, 0.5) is 11.4 Å². The molecule has 7 nitrogen and oxygen atoms in total. The van der Waals surface area contributed by atoms with E-state index in [-0.39, 0.29) is 11.6 Å². The van der Waals surface area contributed by atoms with Crippen molar-refractivity contribution in [3.8, 4) is 11.5 Å². The summed E-state index contributed by atoms with van der Waals surface area (Å²) in [5, 5.41) is 13.2. The molecule has 126 valence electrons. The first-order valence-corrected chi connectivity index (χ1v) is 7.39. The molecule has 0 aliphatic carbocycles. The van der Waals surface area contributed by atoms with Crippen molar-refractivity contribution >= 4 is 17.3 Å². The second kappa shape index (κ2) is 8.52. The molecule has 0 radical (unpaired) electrons. The van der Waals surface area contributed by atoms with Crippen molar-refractivity contribution in [2.75, 3.05) is 19.0 Å². The highest BCUT2D eigenvalue weighted by Crippen LogP contribution is 2.18. The first-order chi connectivity index (χ1) is 11.6. The number of ether oxygens (including phenoxy) is 2. The van der Waals surface area contributed by atoms with Crippen LogP contribution >= 0.6 is 0 Å². The van der Waals surface area contributed by atoms with Crippen LogP contribution in [0.1, 0.15) is 12.8 Å². The smallest absolute Gasteiger partial charge is 0.269 e. The number of hydrogen-bond acceptors (Lipinski definition) is 5. The summed E-state index contributed by atoms with van der Waals surface area (Å²) in [6.07, 6.45) is 0.859. The molecule has 1 amide bonds. The van der Waals surface area contributed by atoms with Gasteiger partial charge in [0.15, 0.2) is 0 Å². The highest BCUT2D eigenvalue weighted by atomic mass is 16.6. The number of hydrogen-bond donors (Lipinski definition) is 1. The number of benzene rings is 2. The Morgan fingerprint density at radius 1 is 1.08 bits per heavy atom. The molecule has 0 spiro atoms. The van der Waals surface area contributed by atoms with Crippen LogP contribution in [0.25, 0.3) is 0 Å². The van der Waals surface area contributed by atoms with Crippen molar-refractivity contribution in [3.63, 3.8) is 0 Å². The quantitative estimate of drug-likeness (QED) is 0.455. The van der Waals surface area contributed by atoms with Crippen LogP contribution in [0.2, 0.25) is 0 Å². The molecule has 0 bridgehead atoms. The monoisotopic (exact) mass is 330 g/mol. The lowest BCUT2D eigenvalue weighted by Gasteiger charge is -2.07. The van der Waals surface area contributed by atoms with Crippen molar-refractivity contribution in [2.45, 2.75) is 12.8 Å². The van der Waals surface area contributed by atoms with Gasteiger partial charge in [0.1, 0.15) is 11.5 Å². The number of nitro groups is 1. The predicted molar refractivity (Wildman–Crippen MR) is 89.4 cm³/mol. The zero-order valence-corrected chi connectivity index (χ0v) is 13.2. The Kier molecular flexibility index (Phi) is 6.13. The minimum Gasteiger partial charge on any atom is -0.497 e. The van der Waals surface area contributed by atoms with E-state index in [1.54, 1.807) is 31.4 Å². The second-order valence-electron chi connectivity index (χ2n) is 4.98. The molecule has 0 heterocycles. The SMILES string of the molecule is COc1ccc(OCCCC(=O)Nc2ccc([N+](=O)[O-])cc2)cc1. The van der Waals surface area contributed by atoms with Gasteiger partial charge in [-0.05, 0) is 42.8 Å². The molecular weight excluding hydrogens is 312 g/mol. The van der Waals surface area contributed by atoms with Crippen molar-refractivity contribution in [2.24, 2.45) is 0 Å². The van der Waals surface area contributed by atoms with E-state index >= 15 is 0 Å². The standard InChI is InChI=1S/C17H18N2O5/c1-23-15-8-10-16(11-9-15)24-12-2-3-17(20)18-13-4-6-14(7-5-13)19(21)22/h4-11H,2-3,12H2,1H3,(H,18,20). The van der Waals surface area contributed by atoms with Gasteiger partial charge in [-0.15, -0.1) is 0 Å². The fraction of sp³-hybridized carbons (Fsp3) is 0.235. The molecule has 2 aromatic carbocycles. The van der Waals surface area contributed by atoms with Gasteiger partial charge in [-0.2, -0.15) is 0 Å². The third-order valence-electron chi connectivity index (χ3n) is 3.24. The highest BCUT2D eigenvalue weighted by Gasteiger charge is 2.06. The van der Waals surface area contributed by atoms with Gasteiger partial charge in [0.25, 0.3) is 5.69 Å². The zero-order chi connectivity index (χ0) is 17.4. The third kappa shape index (κ3) is 5.28. The lowest BCUT2D eigenvalue weighted by molar-refractivity contribution is -0.384.